The van der Waals surface area contributed by atoms with Crippen LogP contribution in [0.2, 0.25) is 0 Å². The Labute approximate surface area is 355 Å². The van der Waals surface area contributed by atoms with Gasteiger partial charge in [0.25, 0.3) is 0 Å². The van der Waals surface area contributed by atoms with Crippen molar-refractivity contribution in [2.75, 3.05) is 40.4 Å². The first-order chi connectivity index (χ1) is 28.3. The molecule has 0 radical (unpaired) electrons. The highest BCUT2D eigenvalue weighted by Crippen LogP contribution is 2.29. The first kappa shape index (κ1) is 53.6. The van der Waals surface area contributed by atoms with E-state index in [9.17, 15) is 14.4 Å². The van der Waals surface area contributed by atoms with Crippen LogP contribution in [0.25, 0.3) is 0 Å². The van der Waals surface area contributed by atoms with E-state index in [0.29, 0.717) is 39.1 Å². The van der Waals surface area contributed by atoms with Crippen molar-refractivity contribution in [1.82, 2.24) is 10.2 Å². The van der Waals surface area contributed by atoms with Gasteiger partial charge < -0.3 is 33.9 Å². The summed E-state index contributed by atoms with van der Waals surface area (Å²) in [6.45, 7) is 9.02. The average molecular weight is 821 g/mol. The molecular weight excluding hydrogens is 733 g/mol. The quantitative estimate of drug-likeness (QED) is 0.0213. The number of allylic oxidation sites excluding steroid dienone is 4. The standard InChI is InChI=1S/C48H88N2O8/c1-6-9-12-15-18-19-20-21-22-23-24-25-26-27-30-33-45(51)57-43-40-42(56-48(53)49-36-37-50(4)5)41-44(43)58-46(52)34-35-47(54-38-31-28-16-13-10-7-2)55-39-32-29-17-14-11-8-3/h18-19,21-22,42-44,47H,6-17,20,23-41H2,1-5H3,(H,49,53)/b19-18-,22-21-. The molecule has 0 bridgehead atoms. The van der Waals surface area contributed by atoms with Gasteiger partial charge in [-0.25, -0.2) is 4.79 Å². The Balaban J connectivity index is 2.60. The molecule has 10 heteroatoms. The number of rotatable bonds is 39. The van der Waals surface area contributed by atoms with Crippen molar-refractivity contribution < 1.29 is 38.1 Å². The lowest BCUT2D eigenvalue weighted by Gasteiger charge is -2.21. The van der Waals surface area contributed by atoms with E-state index in [-0.39, 0.29) is 25.2 Å². The van der Waals surface area contributed by atoms with Crippen LogP contribution in [-0.2, 0) is 33.3 Å². The molecule has 1 fully saturated rings. The number of unbranched alkanes of at least 4 members (excludes halogenated alkanes) is 18. The fraction of sp³-hybridized carbons (Fsp3) is 0.854. The van der Waals surface area contributed by atoms with Crippen LogP contribution in [0, 0.1) is 0 Å². The summed E-state index contributed by atoms with van der Waals surface area (Å²) >= 11 is 0. The van der Waals surface area contributed by atoms with Crippen LogP contribution in [0.1, 0.15) is 201 Å². The first-order valence-corrected chi connectivity index (χ1v) is 23.8. The number of carbonyl (C=O) groups is 3. The number of carbonyl (C=O) groups excluding carboxylic acids is 3. The molecule has 1 N–H and O–H groups in total. The lowest BCUT2D eigenvalue weighted by atomic mass is 10.1. The van der Waals surface area contributed by atoms with Gasteiger partial charge in [-0.05, 0) is 65.5 Å². The predicted octanol–water partition coefficient (Wildman–Crippen LogP) is 11.9. The second kappa shape index (κ2) is 38.8. The van der Waals surface area contributed by atoms with Gasteiger partial charge in [-0.1, -0.05) is 141 Å². The van der Waals surface area contributed by atoms with Crippen LogP contribution in [0.15, 0.2) is 24.3 Å². The third kappa shape index (κ3) is 32.4. The van der Waals surface area contributed by atoms with Gasteiger partial charge in [0.1, 0.15) is 18.3 Å². The van der Waals surface area contributed by atoms with Gasteiger partial charge >= 0.3 is 18.0 Å². The minimum absolute atomic E-state index is 0.122. The van der Waals surface area contributed by atoms with Gasteiger partial charge in [-0.3, -0.25) is 9.59 Å². The third-order valence-corrected chi connectivity index (χ3v) is 10.6. The van der Waals surface area contributed by atoms with Crippen molar-refractivity contribution in [2.24, 2.45) is 0 Å². The summed E-state index contributed by atoms with van der Waals surface area (Å²) in [6.07, 6.45) is 33.9. The average Bonchev–Trinajstić information content (AvgIpc) is 3.55. The van der Waals surface area contributed by atoms with Crippen LogP contribution >= 0.6 is 0 Å². The van der Waals surface area contributed by atoms with E-state index in [1.807, 2.05) is 19.0 Å². The molecule has 0 aromatic rings. The summed E-state index contributed by atoms with van der Waals surface area (Å²) in [5, 5.41) is 2.77. The molecule has 0 heterocycles. The third-order valence-electron chi connectivity index (χ3n) is 10.6. The number of hydrogen-bond acceptors (Lipinski definition) is 9. The van der Waals surface area contributed by atoms with Gasteiger partial charge in [0.05, 0.1) is 6.42 Å². The molecule has 1 amide bonds. The normalized spacial score (nSPS) is 16.9. The summed E-state index contributed by atoms with van der Waals surface area (Å²) in [5.74, 6) is -0.703. The first-order valence-electron chi connectivity index (χ1n) is 23.8. The molecular formula is C48H88N2O8. The maximum atomic E-state index is 13.2. The largest absolute Gasteiger partial charge is 0.458 e. The molecule has 0 aliphatic heterocycles. The van der Waals surface area contributed by atoms with E-state index < -0.39 is 36.7 Å². The van der Waals surface area contributed by atoms with Gasteiger partial charge in [-0.15, -0.1) is 0 Å². The van der Waals surface area contributed by atoms with E-state index in [0.717, 1.165) is 70.6 Å². The highest BCUT2D eigenvalue weighted by atomic mass is 16.7. The van der Waals surface area contributed by atoms with Gasteiger partial charge in [-0.2, -0.15) is 0 Å². The summed E-state index contributed by atoms with van der Waals surface area (Å²) in [7, 11) is 3.87. The molecule has 0 saturated heterocycles. The fourth-order valence-corrected chi connectivity index (χ4v) is 7.02. The molecule has 1 saturated carbocycles. The van der Waals surface area contributed by atoms with Crippen molar-refractivity contribution in [3.8, 4) is 0 Å². The van der Waals surface area contributed by atoms with Crippen LogP contribution in [0.4, 0.5) is 4.79 Å². The number of likely N-dealkylation sites (N-methyl/N-ethyl adjacent to an activating group) is 1. The minimum Gasteiger partial charge on any atom is -0.458 e. The summed E-state index contributed by atoms with van der Waals surface area (Å²) < 4.78 is 29.8. The Hall–Kier alpha value is -2.43. The second-order valence-electron chi connectivity index (χ2n) is 16.5. The second-order valence-corrected chi connectivity index (χ2v) is 16.5. The van der Waals surface area contributed by atoms with Crippen molar-refractivity contribution in [3.05, 3.63) is 24.3 Å². The van der Waals surface area contributed by atoms with Crippen molar-refractivity contribution in [1.29, 1.82) is 0 Å². The Bertz CT molecular complexity index is 1030. The molecule has 0 aromatic heterocycles. The lowest BCUT2D eigenvalue weighted by Crippen LogP contribution is -2.33. The Morgan fingerprint density at radius 2 is 1.05 bits per heavy atom. The maximum absolute atomic E-state index is 13.2. The Morgan fingerprint density at radius 1 is 0.586 bits per heavy atom. The summed E-state index contributed by atoms with van der Waals surface area (Å²) in [4.78, 5) is 40.7. The topological polar surface area (TPSA) is 113 Å². The fourth-order valence-electron chi connectivity index (χ4n) is 7.02. The number of esters is 2. The molecule has 1 aliphatic rings. The highest BCUT2D eigenvalue weighted by Gasteiger charge is 2.41. The number of amides is 1. The molecule has 10 nitrogen and oxygen atoms in total. The zero-order chi connectivity index (χ0) is 42.3. The minimum atomic E-state index is -0.688. The van der Waals surface area contributed by atoms with Crippen LogP contribution in [-0.4, -0.2) is 87.9 Å². The van der Waals surface area contributed by atoms with E-state index in [4.69, 9.17) is 23.7 Å². The van der Waals surface area contributed by atoms with E-state index in [1.165, 1.54) is 77.0 Å². The summed E-state index contributed by atoms with van der Waals surface area (Å²) in [6, 6.07) is 0. The number of alkyl carbamates (subject to hydrolysis) is 1. The van der Waals surface area contributed by atoms with Crippen LogP contribution in [0.5, 0.6) is 0 Å². The molecule has 3 unspecified atom stereocenters. The maximum Gasteiger partial charge on any atom is 0.407 e. The highest BCUT2D eigenvalue weighted by molar-refractivity contribution is 5.71. The molecule has 338 valence electrons. The van der Waals surface area contributed by atoms with Crippen molar-refractivity contribution >= 4 is 18.0 Å². The molecule has 3 atom stereocenters. The number of nitrogens with zero attached hydrogens (tertiary/aromatic N) is 1. The molecule has 1 rings (SSSR count). The van der Waals surface area contributed by atoms with Gasteiger partial charge in [0, 0.05) is 52.0 Å². The molecule has 0 spiro atoms. The molecule has 0 aromatic carbocycles. The number of hydrogen-bond donors (Lipinski definition) is 1. The van der Waals surface area contributed by atoms with Crippen LogP contribution < -0.4 is 5.32 Å². The zero-order valence-electron chi connectivity index (χ0n) is 38.0. The number of ether oxygens (including phenoxy) is 5. The zero-order valence-corrected chi connectivity index (χ0v) is 38.0. The lowest BCUT2D eigenvalue weighted by molar-refractivity contribution is -0.170. The molecule has 1 aliphatic carbocycles. The summed E-state index contributed by atoms with van der Waals surface area (Å²) in [5.41, 5.74) is 0. The van der Waals surface area contributed by atoms with Crippen LogP contribution in [0.3, 0.4) is 0 Å². The van der Waals surface area contributed by atoms with Crippen molar-refractivity contribution in [3.63, 3.8) is 0 Å². The SMILES string of the molecule is CCCCC/C=C\C/C=C\CCCCCCCC(=O)OC1CC(OC(=O)NCCN(C)C)CC1OC(=O)CCC(OCCCCCCCC)OCCCCCCCC. The van der Waals surface area contributed by atoms with Crippen molar-refractivity contribution in [2.45, 2.75) is 225 Å². The monoisotopic (exact) mass is 821 g/mol. The predicted molar refractivity (Wildman–Crippen MR) is 237 cm³/mol. The number of nitrogens with one attached hydrogen (secondary N) is 1. The van der Waals surface area contributed by atoms with E-state index in [1.54, 1.807) is 0 Å². The molecule has 58 heavy (non-hydrogen) atoms. The Kier molecular flexibility index (Phi) is 35.8. The van der Waals surface area contributed by atoms with E-state index in [2.05, 4.69) is 50.4 Å². The Morgan fingerprint density at radius 3 is 1.60 bits per heavy atom. The van der Waals surface area contributed by atoms with Gasteiger partial charge in [0.15, 0.2) is 6.29 Å². The smallest absolute Gasteiger partial charge is 0.407 e. The van der Waals surface area contributed by atoms with Gasteiger partial charge in [0.2, 0.25) is 0 Å². The van der Waals surface area contributed by atoms with E-state index >= 15 is 0 Å².